The molecular weight excluding hydrogens is 172 g/mol. The average Bonchev–Trinajstić information content (AvgIpc) is 2.96. The lowest BCUT2D eigenvalue weighted by atomic mass is 9.95. The van der Waals surface area contributed by atoms with E-state index in [0.29, 0.717) is 11.6 Å². The highest BCUT2D eigenvalue weighted by Crippen LogP contribution is 2.35. The zero-order chi connectivity index (χ0) is 9.60. The lowest BCUT2D eigenvalue weighted by molar-refractivity contribution is 0.0855. The molecule has 3 rings (SSSR count). The number of benzene rings is 1. The highest BCUT2D eigenvalue weighted by molar-refractivity contribution is 5.23. The summed E-state index contributed by atoms with van der Waals surface area (Å²) in [4.78, 5) is 2.54. The molecule has 2 aliphatic rings. The first-order valence-electron chi connectivity index (χ1n) is 5.33. The van der Waals surface area contributed by atoms with Gasteiger partial charge in [0.25, 0.3) is 0 Å². The molecule has 2 nitrogen and oxygen atoms in total. The fourth-order valence-electron chi connectivity index (χ4n) is 2.30. The van der Waals surface area contributed by atoms with Crippen LogP contribution >= 0.6 is 0 Å². The normalized spacial score (nSPS) is 25.8. The van der Waals surface area contributed by atoms with Crippen LogP contribution in [0.2, 0.25) is 0 Å². The van der Waals surface area contributed by atoms with Crippen LogP contribution in [0.1, 0.15) is 18.5 Å². The van der Waals surface area contributed by atoms with Crippen molar-refractivity contribution in [3.63, 3.8) is 0 Å². The van der Waals surface area contributed by atoms with E-state index in [4.69, 9.17) is 0 Å². The number of nitrogens with one attached hydrogen (secondary N) is 1. The van der Waals surface area contributed by atoms with Crippen LogP contribution < -0.4 is 5.32 Å². The van der Waals surface area contributed by atoms with Crippen molar-refractivity contribution in [2.24, 2.45) is 0 Å². The van der Waals surface area contributed by atoms with E-state index in [2.05, 4.69) is 47.5 Å². The molecule has 0 aliphatic carbocycles. The van der Waals surface area contributed by atoms with Gasteiger partial charge in [0.1, 0.15) is 0 Å². The van der Waals surface area contributed by atoms with Crippen molar-refractivity contribution >= 4 is 0 Å². The first-order valence-corrected chi connectivity index (χ1v) is 5.33. The summed E-state index contributed by atoms with van der Waals surface area (Å²) in [6.07, 6.45) is 0. The molecule has 1 aromatic rings. The van der Waals surface area contributed by atoms with Crippen LogP contribution in [0.3, 0.4) is 0 Å². The molecule has 0 saturated carbocycles. The summed E-state index contributed by atoms with van der Waals surface area (Å²) in [5.41, 5.74) is 1.96. The molecule has 1 spiro atoms. The molecule has 0 bridgehead atoms. The van der Waals surface area contributed by atoms with E-state index in [-0.39, 0.29) is 0 Å². The Morgan fingerprint density at radius 1 is 1.29 bits per heavy atom. The summed E-state index contributed by atoms with van der Waals surface area (Å²) in [6.45, 7) is 5.97. The zero-order valence-electron chi connectivity index (χ0n) is 8.53. The second kappa shape index (κ2) is 2.81. The predicted molar refractivity (Wildman–Crippen MR) is 57.2 cm³/mol. The number of hydrogen-bond donors (Lipinski definition) is 1. The van der Waals surface area contributed by atoms with E-state index in [1.807, 2.05) is 0 Å². The SMILES string of the molecule is CC(c1ccccc1)N1CC2(CN2)C1. The van der Waals surface area contributed by atoms with Crippen molar-refractivity contribution in [2.75, 3.05) is 19.6 Å². The molecule has 2 aliphatic heterocycles. The Bertz CT molecular complexity index is 321. The van der Waals surface area contributed by atoms with Gasteiger partial charge in [-0.1, -0.05) is 30.3 Å². The largest absolute Gasteiger partial charge is 0.306 e. The average molecular weight is 188 g/mol. The van der Waals surface area contributed by atoms with Gasteiger partial charge < -0.3 is 5.32 Å². The van der Waals surface area contributed by atoms with Gasteiger partial charge in [0.05, 0.1) is 5.54 Å². The molecule has 1 atom stereocenters. The van der Waals surface area contributed by atoms with E-state index in [0.717, 1.165) is 0 Å². The van der Waals surface area contributed by atoms with Crippen molar-refractivity contribution in [2.45, 2.75) is 18.5 Å². The highest BCUT2D eigenvalue weighted by Gasteiger charge is 2.53. The molecule has 74 valence electrons. The lowest BCUT2D eigenvalue weighted by Gasteiger charge is -2.43. The van der Waals surface area contributed by atoms with E-state index in [1.54, 1.807) is 0 Å². The molecule has 2 fully saturated rings. The van der Waals surface area contributed by atoms with Crippen molar-refractivity contribution in [1.82, 2.24) is 10.2 Å². The molecule has 2 heteroatoms. The van der Waals surface area contributed by atoms with Crippen LogP contribution in [0.25, 0.3) is 0 Å². The number of rotatable bonds is 2. The third kappa shape index (κ3) is 1.26. The molecule has 0 aromatic heterocycles. The number of hydrogen-bond acceptors (Lipinski definition) is 2. The molecule has 0 amide bonds. The Morgan fingerprint density at radius 3 is 2.50 bits per heavy atom. The fraction of sp³-hybridized carbons (Fsp3) is 0.500. The molecule has 14 heavy (non-hydrogen) atoms. The van der Waals surface area contributed by atoms with E-state index in [1.165, 1.54) is 25.2 Å². The Morgan fingerprint density at radius 2 is 1.93 bits per heavy atom. The molecule has 1 aromatic carbocycles. The van der Waals surface area contributed by atoms with Crippen LogP contribution in [0.4, 0.5) is 0 Å². The maximum Gasteiger partial charge on any atom is 0.0564 e. The van der Waals surface area contributed by atoms with Gasteiger partial charge in [-0.15, -0.1) is 0 Å². The molecule has 2 saturated heterocycles. The highest BCUT2D eigenvalue weighted by atomic mass is 15.4. The van der Waals surface area contributed by atoms with Crippen molar-refractivity contribution < 1.29 is 0 Å². The first kappa shape index (κ1) is 8.45. The minimum atomic E-state index is 0.531. The Kier molecular flexibility index (Phi) is 1.70. The van der Waals surface area contributed by atoms with Gasteiger partial charge in [-0.05, 0) is 12.5 Å². The van der Waals surface area contributed by atoms with Gasteiger partial charge in [0, 0.05) is 25.7 Å². The maximum atomic E-state index is 3.44. The summed E-state index contributed by atoms with van der Waals surface area (Å²) in [5, 5.41) is 3.44. The second-order valence-corrected chi connectivity index (χ2v) is 4.63. The molecular formula is C12H16N2. The van der Waals surface area contributed by atoms with Gasteiger partial charge in [-0.3, -0.25) is 4.90 Å². The van der Waals surface area contributed by atoms with Crippen LogP contribution in [0, 0.1) is 0 Å². The zero-order valence-corrected chi connectivity index (χ0v) is 8.53. The lowest BCUT2D eigenvalue weighted by Crippen LogP contribution is -2.56. The van der Waals surface area contributed by atoms with Gasteiger partial charge in [-0.2, -0.15) is 0 Å². The predicted octanol–water partition coefficient (Wildman–Crippen LogP) is 1.41. The van der Waals surface area contributed by atoms with Crippen molar-refractivity contribution in [1.29, 1.82) is 0 Å². The van der Waals surface area contributed by atoms with E-state index >= 15 is 0 Å². The van der Waals surface area contributed by atoms with Gasteiger partial charge in [-0.25, -0.2) is 0 Å². The van der Waals surface area contributed by atoms with E-state index < -0.39 is 0 Å². The van der Waals surface area contributed by atoms with Gasteiger partial charge in [0.15, 0.2) is 0 Å². The topological polar surface area (TPSA) is 25.2 Å². The second-order valence-electron chi connectivity index (χ2n) is 4.63. The molecule has 2 heterocycles. The summed E-state index contributed by atoms with van der Waals surface area (Å²) >= 11 is 0. The first-order chi connectivity index (χ1) is 6.79. The van der Waals surface area contributed by atoms with Crippen molar-refractivity contribution in [3.8, 4) is 0 Å². The van der Waals surface area contributed by atoms with Gasteiger partial charge in [0.2, 0.25) is 0 Å². The fourth-order valence-corrected chi connectivity index (χ4v) is 2.30. The number of likely N-dealkylation sites (tertiary alicyclic amines) is 1. The Balaban J connectivity index is 1.68. The third-order valence-electron chi connectivity index (χ3n) is 3.52. The summed E-state index contributed by atoms with van der Waals surface area (Å²) in [5.74, 6) is 0. The van der Waals surface area contributed by atoms with Crippen LogP contribution in [-0.4, -0.2) is 30.1 Å². The van der Waals surface area contributed by atoms with Gasteiger partial charge >= 0.3 is 0 Å². The Hall–Kier alpha value is -0.860. The van der Waals surface area contributed by atoms with Crippen molar-refractivity contribution in [3.05, 3.63) is 35.9 Å². The number of nitrogens with zero attached hydrogens (tertiary/aromatic N) is 1. The smallest absolute Gasteiger partial charge is 0.0564 e. The quantitative estimate of drug-likeness (QED) is 0.710. The summed E-state index contributed by atoms with van der Waals surface area (Å²) in [6, 6.07) is 11.3. The van der Waals surface area contributed by atoms with Crippen LogP contribution in [-0.2, 0) is 0 Å². The molecule has 1 N–H and O–H groups in total. The Labute approximate surface area is 84.9 Å². The minimum absolute atomic E-state index is 0.531. The molecule has 0 radical (unpaired) electrons. The van der Waals surface area contributed by atoms with E-state index in [9.17, 15) is 0 Å². The summed E-state index contributed by atoms with van der Waals surface area (Å²) < 4.78 is 0. The molecule has 1 unspecified atom stereocenters. The van der Waals surface area contributed by atoms with Crippen LogP contribution in [0.5, 0.6) is 0 Å². The standard InChI is InChI=1S/C12H16N2/c1-10(11-5-3-2-4-6-11)14-8-12(9-14)7-13-12/h2-6,10,13H,7-9H2,1H3. The minimum Gasteiger partial charge on any atom is -0.306 e. The monoisotopic (exact) mass is 188 g/mol. The third-order valence-corrected chi connectivity index (χ3v) is 3.52. The maximum absolute atomic E-state index is 3.44. The summed E-state index contributed by atoms with van der Waals surface area (Å²) in [7, 11) is 0. The van der Waals surface area contributed by atoms with Crippen LogP contribution in [0.15, 0.2) is 30.3 Å².